The van der Waals surface area contributed by atoms with E-state index in [1.54, 1.807) is 0 Å². The van der Waals surface area contributed by atoms with E-state index in [4.69, 9.17) is 9.05 Å². The van der Waals surface area contributed by atoms with Crippen LogP contribution >= 0.6 is 8.38 Å². The van der Waals surface area contributed by atoms with Gasteiger partial charge in [0.15, 0.2) is 10.4 Å². The van der Waals surface area contributed by atoms with Gasteiger partial charge in [-0.2, -0.15) is 0 Å². The predicted molar refractivity (Wildman–Crippen MR) is 105 cm³/mol. The van der Waals surface area contributed by atoms with Gasteiger partial charge in [-0.05, 0) is 43.7 Å². The predicted octanol–water partition coefficient (Wildman–Crippen LogP) is 6.00. The van der Waals surface area contributed by atoms with Crippen LogP contribution in [0.5, 0.6) is 0 Å². The van der Waals surface area contributed by atoms with Crippen molar-refractivity contribution in [2.45, 2.75) is 52.4 Å². The lowest BCUT2D eigenvalue weighted by Crippen LogP contribution is -2.09. The van der Waals surface area contributed by atoms with E-state index in [1.165, 1.54) is 10.5 Å². The van der Waals surface area contributed by atoms with Gasteiger partial charge < -0.3 is 9.05 Å². The molecule has 4 heteroatoms. The fraction of sp³-hybridized carbons (Fsp3) is 0.684. The van der Waals surface area contributed by atoms with E-state index in [1.807, 2.05) is 0 Å². The molecule has 132 valence electrons. The zero-order valence-corrected chi connectivity index (χ0v) is 17.4. The van der Waals surface area contributed by atoms with Gasteiger partial charge in [0.25, 0.3) is 0 Å². The highest BCUT2D eigenvalue weighted by molar-refractivity contribution is 8.01. The molecule has 0 spiro atoms. The molecular formula is C19H34O2PS+. The van der Waals surface area contributed by atoms with Gasteiger partial charge in [0, 0.05) is 10.9 Å². The number of benzene rings is 1. The van der Waals surface area contributed by atoms with Crippen LogP contribution in [-0.2, 0) is 19.9 Å². The van der Waals surface area contributed by atoms with Gasteiger partial charge in [0.1, 0.15) is 6.26 Å². The Hall–Kier alpha value is -0.0800. The molecule has 0 amide bonds. The Morgan fingerprint density at radius 1 is 0.913 bits per heavy atom. The lowest BCUT2D eigenvalue weighted by atomic mass is 10.2. The minimum atomic E-state index is -0.780. The van der Waals surface area contributed by atoms with Gasteiger partial charge in [-0.15, -0.1) is 0 Å². The van der Waals surface area contributed by atoms with Crippen molar-refractivity contribution in [1.82, 2.24) is 0 Å². The van der Waals surface area contributed by atoms with Crippen LogP contribution in [-0.4, -0.2) is 25.0 Å². The SMILES string of the molecule is Cc1ccc([S+](C)CP(OCCC(C)C)OCCC(C)C)cc1. The second-order valence-electron chi connectivity index (χ2n) is 6.94. The van der Waals surface area contributed by atoms with Crippen molar-refractivity contribution in [2.75, 3.05) is 25.0 Å². The van der Waals surface area contributed by atoms with Crippen molar-refractivity contribution in [3.05, 3.63) is 29.8 Å². The minimum Gasteiger partial charge on any atom is -0.331 e. The summed E-state index contributed by atoms with van der Waals surface area (Å²) in [6.07, 6.45) is 4.51. The summed E-state index contributed by atoms with van der Waals surface area (Å²) < 4.78 is 12.2. The van der Waals surface area contributed by atoms with Crippen molar-refractivity contribution in [2.24, 2.45) is 11.8 Å². The molecule has 0 aliphatic rings. The van der Waals surface area contributed by atoms with Crippen LogP contribution in [0.15, 0.2) is 29.2 Å². The molecule has 0 aliphatic carbocycles. The van der Waals surface area contributed by atoms with Gasteiger partial charge in [0.05, 0.1) is 13.2 Å². The fourth-order valence-electron chi connectivity index (χ4n) is 1.90. The largest absolute Gasteiger partial charge is 0.331 e. The van der Waals surface area contributed by atoms with Crippen molar-refractivity contribution >= 4 is 19.3 Å². The molecule has 1 atom stereocenters. The summed E-state index contributed by atoms with van der Waals surface area (Å²) in [4.78, 5) is 1.41. The first-order valence-corrected chi connectivity index (χ1v) is 11.8. The average molecular weight is 358 g/mol. The van der Waals surface area contributed by atoms with Crippen LogP contribution in [0.1, 0.15) is 46.1 Å². The molecule has 0 saturated heterocycles. The second-order valence-corrected chi connectivity index (χ2v) is 10.9. The minimum absolute atomic E-state index is 0.179. The van der Waals surface area contributed by atoms with Crippen LogP contribution in [0.25, 0.3) is 0 Å². The van der Waals surface area contributed by atoms with Gasteiger partial charge in [0.2, 0.25) is 8.38 Å². The molecule has 1 aromatic rings. The molecule has 1 rings (SSSR count). The summed E-state index contributed by atoms with van der Waals surface area (Å²) in [7, 11) is -0.602. The lowest BCUT2D eigenvalue weighted by Gasteiger charge is -2.18. The van der Waals surface area contributed by atoms with E-state index in [0.29, 0.717) is 11.8 Å². The van der Waals surface area contributed by atoms with E-state index < -0.39 is 8.38 Å². The van der Waals surface area contributed by atoms with E-state index in [0.717, 1.165) is 31.5 Å². The highest BCUT2D eigenvalue weighted by atomic mass is 32.2. The third-order valence-corrected chi connectivity index (χ3v) is 7.99. The Kier molecular flexibility index (Phi) is 10.5. The highest BCUT2D eigenvalue weighted by Crippen LogP contribution is 2.42. The Morgan fingerprint density at radius 3 is 1.83 bits per heavy atom. The van der Waals surface area contributed by atoms with Crippen LogP contribution in [0.2, 0.25) is 0 Å². The monoisotopic (exact) mass is 357 g/mol. The third-order valence-electron chi connectivity index (χ3n) is 3.58. The highest BCUT2D eigenvalue weighted by Gasteiger charge is 2.24. The number of aryl methyl sites for hydroxylation is 1. The summed E-state index contributed by atoms with van der Waals surface area (Å²) in [6, 6.07) is 8.88. The normalized spacial score (nSPS) is 13.3. The first kappa shape index (κ1) is 21.0. The zero-order chi connectivity index (χ0) is 17.2. The maximum absolute atomic E-state index is 6.10. The van der Waals surface area contributed by atoms with E-state index in [9.17, 15) is 0 Å². The van der Waals surface area contributed by atoms with Crippen molar-refractivity contribution in [3.63, 3.8) is 0 Å². The van der Waals surface area contributed by atoms with E-state index >= 15 is 0 Å². The molecule has 0 radical (unpaired) electrons. The summed E-state index contributed by atoms with van der Waals surface area (Å²) in [5.74, 6) is 1.36. The van der Waals surface area contributed by atoms with Gasteiger partial charge in [-0.3, -0.25) is 0 Å². The number of hydrogen-bond acceptors (Lipinski definition) is 2. The van der Waals surface area contributed by atoms with Crippen molar-refractivity contribution < 1.29 is 9.05 Å². The summed E-state index contributed by atoms with van der Waals surface area (Å²) in [5.41, 5.74) is 2.32. The van der Waals surface area contributed by atoms with Gasteiger partial charge in [-0.25, -0.2) is 0 Å². The van der Waals surface area contributed by atoms with Crippen LogP contribution in [0.3, 0.4) is 0 Å². The molecule has 0 bridgehead atoms. The second kappa shape index (κ2) is 11.5. The molecule has 1 aromatic carbocycles. The Morgan fingerprint density at radius 2 is 1.39 bits per heavy atom. The average Bonchev–Trinajstić information content (AvgIpc) is 2.46. The molecule has 23 heavy (non-hydrogen) atoms. The van der Waals surface area contributed by atoms with Gasteiger partial charge in [-0.1, -0.05) is 45.4 Å². The van der Waals surface area contributed by atoms with E-state index in [2.05, 4.69) is 65.1 Å². The number of hydrogen-bond donors (Lipinski definition) is 0. The van der Waals surface area contributed by atoms with Crippen LogP contribution in [0.4, 0.5) is 0 Å². The Labute approximate surface area is 147 Å². The molecule has 0 aromatic heterocycles. The van der Waals surface area contributed by atoms with Crippen LogP contribution < -0.4 is 0 Å². The first-order valence-electron chi connectivity index (χ1n) is 8.61. The standard InChI is InChI=1S/C19H34O2PS/c1-16(2)11-13-20-22(21-14-12-17(3)4)15-23(6)19-9-7-18(5)8-10-19/h7-10,16-17H,11-15H2,1-6H3/q+1. The van der Waals surface area contributed by atoms with Gasteiger partial charge >= 0.3 is 0 Å². The first-order chi connectivity index (χ1) is 10.9. The molecule has 1 unspecified atom stereocenters. The summed E-state index contributed by atoms with van der Waals surface area (Å²) >= 11 is 0. The zero-order valence-electron chi connectivity index (χ0n) is 15.7. The molecule has 0 N–H and O–H groups in total. The van der Waals surface area contributed by atoms with E-state index in [-0.39, 0.29) is 10.9 Å². The fourth-order valence-corrected chi connectivity index (χ4v) is 5.65. The Bertz CT molecular complexity index is 406. The van der Waals surface area contributed by atoms with Crippen molar-refractivity contribution in [3.8, 4) is 0 Å². The number of rotatable bonds is 11. The summed E-state index contributed by atoms with van der Waals surface area (Å²) in [6.45, 7) is 12.7. The maximum atomic E-state index is 6.10. The van der Waals surface area contributed by atoms with Crippen LogP contribution in [0, 0.1) is 18.8 Å². The van der Waals surface area contributed by atoms with Crippen molar-refractivity contribution in [1.29, 1.82) is 0 Å². The lowest BCUT2D eigenvalue weighted by molar-refractivity contribution is 0.231. The molecule has 0 fully saturated rings. The molecule has 2 nitrogen and oxygen atoms in total. The quantitative estimate of drug-likeness (QED) is 0.357. The molecule has 0 aliphatic heterocycles. The molecule has 0 saturated carbocycles. The topological polar surface area (TPSA) is 18.5 Å². The molecular weight excluding hydrogens is 323 g/mol. The third kappa shape index (κ3) is 9.72. The molecule has 0 heterocycles. The summed E-state index contributed by atoms with van der Waals surface area (Å²) in [5, 5.41) is 0. The Balaban J connectivity index is 2.53. The smallest absolute Gasteiger partial charge is 0.224 e. The maximum Gasteiger partial charge on any atom is 0.224 e.